The molecule has 0 aliphatic carbocycles. The molecule has 106 valence electrons. The average molecular weight is 290 g/mol. The molecule has 0 aliphatic rings. The number of nitrogens with two attached hydrogens (primary N) is 1. The number of amides is 1. The van der Waals surface area contributed by atoms with Crippen LogP contribution in [-0.2, 0) is 12.0 Å². The van der Waals surface area contributed by atoms with Crippen molar-refractivity contribution in [2.75, 3.05) is 5.73 Å². The summed E-state index contributed by atoms with van der Waals surface area (Å²) >= 11 is 1.13. The lowest BCUT2D eigenvalue weighted by Gasteiger charge is -2.16. The zero-order valence-corrected chi connectivity index (χ0v) is 12.6. The molecule has 2 rings (SSSR count). The highest BCUT2D eigenvalue weighted by Crippen LogP contribution is 2.25. The Morgan fingerprint density at radius 2 is 1.95 bits per heavy atom. The zero-order valence-electron chi connectivity index (χ0n) is 11.8. The predicted octanol–water partition coefficient (Wildman–Crippen LogP) is 2.35. The Hall–Kier alpha value is -1.95. The first-order chi connectivity index (χ1) is 9.38. The molecule has 1 heterocycles. The van der Waals surface area contributed by atoms with E-state index in [-0.39, 0.29) is 11.3 Å². The fraction of sp³-hybridized carbons (Fsp3) is 0.357. The van der Waals surface area contributed by atoms with Crippen molar-refractivity contribution in [2.45, 2.75) is 32.7 Å². The molecular weight excluding hydrogens is 272 g/mol. The number of benzene rings is 1. The minimum absolute atomic E-state index is 0.137. The van der Waals surface area contributed by atoms with Gasteiger partial charge in [-0.3, -0.25) is 4.79 Å². The fourth-order valence-electron chi connectivity index (χ4n) is 1.73. The number of hydrogen-bond acceptors (Lipinski definition) is 5. The smallest absolute Gasteiger partial charge is 0.265 e. The van der Waals surface area contributed by atoms with Gasteiger partial charge in [0.25, 0.3) is 5.91 Å². The van der Waals surface area contributed by atoms with Gasteiger partial charge in [-0.2, -0.15) is 0 Å². The molecule has 0 saturated heterocycles. The molecule has 1 aromatic heterocycles. The van der Waals surface area contributed by atoms with Crippen molar-refractivity contribution >= 4 is 23.1 Å². The van der Waals surface area contributed by atoms with Gasteiger partial charge in [-0.15, -0.1) is 5.10 Å². The summed E-state index contributed by atoms with van der Waals surface area (Å²) in [6, 6.07) is 7.42. The SMILES string of the molecule is CC(C)(C)c1nnsc1C(=O)NCc1ccc(N)cc1. The van der Waals surface area contributed by atoms with Crippen LogP contribution in [-0.4, -0.2) is 15.5 Å². The number of carbonyl (C=O) groups is 1. The van der Waals surface area contributed by atoms with Crippen LogP contribution in [0.15, 0.2) is 24.3 Å². The topological polar surface area (TPSA) is 80.9 Å². The number of aromatic nitrogens is 2. The minimum Gasteiger partial charge on any atom is -0.399 e. The first kappa shape index (κ1) is 14.5. The van der Waals surface area contributed by atoms with Crippen LogP contribution in [0.25, 0.3) is 0 Å². The lowest BCUT2D eigenvalue weighted by molar-refractivity contribution is 0.0952. The minimum atomic E-state index is -0.194. The largest absolute Gasteiger partial charge is 0.399 e. The highest BCUT2D eigenvalue weighted by atomic mass is 32.1. The Kier molecular flexibility index (Phi) is 4.04. The van der Waals surface area contributed by atoms with Crippen molar-refractivity contribution in [3.8, 4) is 0 Å². The highest BCUT2D eigenvalue weighted by Gasteiger charge is 2.26. The maximum absolute atomic E-state index is 12.2. The number of nitrogens with one attached hydrogen (secondary N) is 1. The summed E-state index contributed by atoms with van der Waals surface area (Å²) in [5, 5.41) is 6.95. The third-order valence-electron chi connectivity index (χ3n) is 2.84. The van der Waals surface area contributed by atoms with Gasteiger partial charge in [0, 0.05) is 17.6 Å². The monoisotopic (exact) mass is 290 g/mol. The molecule has 0 spiro atoms. The van der Waals surface area contributed by atoms with E-state index in [9.17, 15) is 4.79 Å². The maximum Gasteiger partial charge on any atom is 0.265 e. The number of nitrogen functional groups attached to an aromatic ring is 1. The van der Waals surface area contributed by atoms with Crippen LogP contribution in [0.4, 0.5) is 5.69 Å². The zero-order chi connectivity index (χ0) is 14.8. The number of carbonyl (C=O) groups excluding carboxylic acids is 1. The standard InChI is InChI=1S/C14H18N4OS/c1-14(2,3)12-11(20-18-17-12)13(19)16-8-9-4-6-10(15)7-5-9/h4-7H,8,15H2,1-3H3,(H,16,19). The molecule has 0 atom stereocenters. The van der Waals surface area contributed by atoms with Gasteiger partial charge in [-0.25, -0.2) is 0 Å². The predicted molar refractivity (Wildman–Crippen MR) is 80.6 cm³/mol. The van der Waals surface area contributed by atoms with Gasteiger partial charge in [0.1, 0.15) is 4.88 Å². The second-order valence-electron chi connectivity index (χ2n) is 5.62. The van der Waals surface area contributed by atoms with E-state index in [1.807, 2.05) is 45.0 Å². The Morgan fingerprint density at radius 3 is 2.55 bits per heavy atom. The van der Waals surface area contributed by atoms with Crippen LogP contribution in [0.5, 0.6) is 0 Å². The van der Waals surface area contributed by atoms with E-state index in [4.69, 9.17) is 5.73 Å². The molecule has 2 aromatic rings. The van der Waals surface area contributed by atoms with Gasteiger partial charge < -0.3 is 11.1 Å². The van der Waals surface area contributed by atoms with E-state index in [0.29, 0.717) is 17.1 Å². The summed E-state index contributed by atoms with van der Waals surface area (Å²) in [6.45, 7) is 6.50. The van der Waals surface area contributed by atoms with Crippen molar-refractivity contribution in [1.82, 2.24) is 14.9 Å². The van der Waals surface area contributed by atoms with Gasteiger partial charge in [0.15, 0.2) is 0 Å². The van der Waals surface area contributed by atoms with Crippen molar-refractivity contribution in [1.29, 1.82) is 0 Å². The molecule has 3 N–H and O–H groups in total. The Morgan fingerprint density at radius 1 is 1.30 bits per heavy atom. The van der Waals surface area contributed by atoms with Crippen LogP contribution in [0.3, 0.4) is 0 Å². The number of nitrogens with zero attached hydrogens (tertiary/aromatic N) is 2. The average Bonchev–Trinajstić information content (AvgIpc) is 2.87. The first-order valence-corrected chi connectivity index (χ1v) is 7.10. The Labute approximate surface area is 122 Å². The summed E-state index contributed by atoms with van der Waals surface area (Å²) in [6.07, 6.45) is 0. The van der Waals surface area contributed by atoms with E-state index in [2.05, 4.69) is 14.9 Å². The van der Waals surface area contributed by atoms with E-state index in [1.165, 1.54) is 0 Å². The lowest BCUT2D eigenvalue weighted by atomic mass is 9.91. The van der Waals surface area contributed by atoms with Crippen molar-refractivity contribution in [2.24, 2.45) is 0 Å². The van der Waals surface area contributed by atoms with Gasteiger partial charge in [0.05, 0.1) is 5.69 Å². The third-order valence-corrected chi connectivity index (χ3v) is 3.56. The molecule has 20 heavy (non-hydrogen) atoms. The summed E-state index contributed by atoms with van der Waals surface area (Å²) < 4.78 is 3.89. The Bertz CT molecular complexity index is 598. The van der Waals surface area contributed by atoms with Crippen molar-refractivity contribution in [3.63, 3.8) is 0 Å². The molecular formula is C14H18N4OS. The van der Waals surface area contributed by atoms with Gasteiger partial charge in [-0.05, 0) is 29.2 Å². The molecule has 1 amide bonds. The molecule has 0 bridgehead atoms. The van der Waals surface area contributed by atoms with E-state index < -0.39 is 0 Å². The normalized spacial score (nSPS) is 11.3. The first-order valence-electron chi connectivity index (χ1n) is 6.33. The van der Waals surface area contributed by atoms with E-state index in [1.54, 1.807) is 0 Å². The molecule has 0 radical (unpaired) electrons. The molecule has 1 aromatic carbocycles. The van der Waals surface area contributed by atoms with Crippen LogP contribution in [0.2, 0.25) is 0 Å². The van der Waals surface area contributed by atoms with Gasteiger partial charge in [0.2, 0.25) is 0 Å². The van der Waals surface area contributed by atoms with Crippen LogP contribution >= 0.6 is 11.5 Å². The summed E-state index contributed by atoms with van der Waals surface area (Å²) in [5.74, 6) is -0.137. The highest BCUT2D eigenvalue weighted by molar-refractivity contribution is 7.08. The van der Waals surface area contributed by atoms with E-state index >= 15 is 0 Å². The number of hydrogen-bond donors (Lipinski definition) is 2. The quantitative estimate of drug-likeness (QED) is 0.850. The fourth-order valence-corrected chi connectivity index (χ4v) is 2.52. The molecule has 0 saturated carbocycles. The third kappa shape index (κ3) is 3.33. The second kappa shape index (κ2) is 5.58. The summed E-state index contributed by atoms with van der Waals surface area (Å²) in [4.78, 5) is 12.8. The summed E-state index contributed by atoms with van der Waals surface area (Å²) in [7, 11) is 0. The van der Waals surface area contributed by atoms with Gasteiger partial charge >= 0.3 is 0 Å². The van der Waals surface area contributed by atoms with Crippen LogP contribution in [0, 0.1) is 0 Å². The maximum atomic E-state index is 12.2. The molecule has 5 nitrogen and oxygen atoms in total. The molecule has 6 heteroatoms. The van der Waals surface area contributed by atoms with Crippen LogP contribution < -0.4 is 11.1 Å². The van der Waals surface area contributed by atoms with Gasteiger partial charge in [-0.1, -0.05) is 37.4 Å². The number of anilines is 1. The number of rotatable bonds is 3. The van der Waals surface area contributed by atoms with Crippen LogP contribution in [0.1, 0.15) is 41.7 Å². The Balaban J connectivity index is 2.06. The second-order valence-corrected chi connectivity index (χ2v) is 6.38. The molecule has 0 fully saturated rings. The van der Waals surface area contributed by atoms with Crippen molar-refractivity contribution in [3.05, 3.63) is 40.4 Å². The van der Waals surface area contributed by atoms with Crippen molar-refractivity contribution < 1.29 is 4.79 Å². The van der Waals surface area contributed by atoms with E-state index in [0.717, 1.165) is 22.8 Å². The molecule has 0 unspecified atom stereocenters. The summed E-state index contributed by atoms with van der Waals surface area (Å²) in [5.41, 5.74) is 7.88. The molecule has 0 aliphatic heterocycles. The lowest BCUT2D eigenvalue weighted by Crippen LogP contribution is -2.25.